The molecule has 0 amide bonds. The van der Waals surface area contributed by atoms with E-state index in [0.29, 0.717) is 12.8 Å². The Labute approximate surface area is 145 Å². The molecule has 0 aliphatic heterocycles. The maximum atomic E-state index is 11.8. The van der Waals surface area contributed by atoms with E-state index >= 15 is 0 Å². The van der Waals surface area contributed by atoms with E-state index in [9.17, 15) is 4.79 Å². The van der Waals surface area contributed by atoms with Crippen LogP contribution in [0.5, 0.6) is 0 Å². The highest BCUT2D eigenvalue weighted by Gasteiger charge is 2.16. The third kappa shape index (κ3) is 4.20. The lowest BCUT2D eigenvalue weighted by molar-refractivity contribution is -0.154. The molecule has 24 heavy (non-hydrogen) atoms. The minimum absolute atomic E-state index is 0.179. The summed E-state index contributed by atoms with van der Waals surface area (Å²) < 4.78 is 5.33. The zero-order valence-corrected chi connectivity index (χ0v) is 14.9. The molecule has 0 aliphatic carbocycles. The van der Waals surface area contributed by atoms with Crippen molar-refractivity contribution in [3.8, 4) is 0 Å². The van der Waals surface area contributed by atoms with Crippen molar-refractivity contribution in [2.75, 3.05) is 0 Å². The number of hydrogen-bond acceptors (Lipinski definition) is 5. The van der Waals surface area contributed by atoms with E-state index in [1.54, 1.807) is 17.5 Å². The Kier molecular flexibility index (Phi) is 4.66. The Morgan fingerprint density at radius 1 is 1.33 bits per heavy atom. The summed E-state index contributed by atoms with van der Waals surface area (Å²) in [6.45, 7) is 5.63. The fourth-order valence-corrected chi connectivity index (χ4v) is 3.44. The molecule has 6 heteroatoms. The van der Waals surface area contributed by atoms with Gasteiger partial charge >= 0.3 is 5.97 Å². The number of carbonyl (C=O) groups excluding carboxylic acids is 1. The summed E-state index contributed by atoms with van der Waals surface area (Å²) in [7, 11) is 0. The number of aromatic amines is 1. The lowest BCUT2D eigenvalue weighted by Crippen LogP contribution is -2.23. The number of fused-ring (bicyclic) bond motifs is 1. The number of pyridine rings is 1. The number of rotatable bonds is 5. The van der Waals surface area contributed by atoms with Gasteiger partial charge in [0.2, 0.25) is 0 Å². The molecule has 0 saturated carbocycles. The molecule has 1 N–H and O–H groups in total. The van der Waals surface area contributed by atoms with E-state index in [0.717, 1.165) is 22.5 Å². The molecule has 0 atom stereocenters. The van der Waals surface area contributed by atoms with E-state index in [1.807, 2.05) is 39.2 Å². The van der Waals surface area contributed by atoms with Gasteiger partial charge in [0, 0.05) is 41.7 Å². The van der Waals surface area contributed by atoms with Gasteiger partial charge in [0.15, 0.2) is 0 Å². The fourth-order valence-electron chi connectivity index (χ4n) is 2.49. The largest absolute Gasteiger partial charge is 0.460 e. The standard InChI is InChI=1S/C18H21N3O2S/c1-18(2,3)23-16(22)7-6-15-20-11-13(24-15)9-12-10-21-17-14(12)5-4-8-19-17/h4-5,8,10-11H,6-7,9H2,1-3H3,(H,19,21). The van der Waals surface area contributed by atoms with Gasteiger partial charge in [-0.15, -0.1) is 11.3 Å². The molecule has 3 rings (SSSR count). The molecule has 3 heterocycles. The zero-order chi connectivity index (χ0) is 17.2. The van der Waals surface area contributed by atoms with Crippen LogP contribution < -0.4 is 0 Å². The van der Waals surface area contributed by atoms with Crippen LogP contribution in [0.4, 0.5) is 0 Å². The highest BCUT2D eigenvalue weighted by Crippen LogP contribution is 2.23. The molecule has 3 aromatic rings. The molecule has 0 bridgehead atoms. The van der Waals surface area contributed by atoms with E-state index in [2.05, 4.69) is 21.0 Å². The molecular formula is C18H21N3O2S. The summed E-state index contributed by atoms with van der Waals surface area (Å²) in [5.74, 6) is -0.179. The molecule has 0 spiro atoms. The van der Waals surface area contributed by atoms with Gasteiger partial charge in [0.25, 0.3) is 0 Å². The van der Waals surface area contributed by atoms with Crippen LogP contribution in [0.15, 0.2) is 30.7 Å². The fraction of sp³-hybridized carbons (Fsp3) is 0.389. The van der Waals surface area contributed by atoms with Crippen LogP contribution in [0.25, 0.3) is 11.0 Å². The molecule has 5 nitrogen and oxygen atoms in total. The van der Waals surface area contributed by atoms with Gasteiger partial charge in [-0.2, -0.15) is 0 Å². The normalized spacial score (nSPS) is 11.8. The van der Waals surface area contributed by atoms with Crippen molar-refractivity contribution >= 4 is 28.3 Å². The lowest BCUT2D eigenvalue weighted by atomic mass is 10.1. The first-order valence-corrected chi connectivity index (χ1v) is 8.79. The molecule has 0 aromatic carbocycles. The number of aromatic nitrogens is 3. The molecule has 0 saturated heterocycles. The smallest absolute Gasteiger partial charge is 0.306 e. The Balaban J connectivity index is 1.61. The molecule has 0 radical (unpaired) electrons. The number of esters is 1. The van der Waals surface area contributed by atoms with Crippen LogP contribution in [-0.2, 0) is 22.4 Å². The second-order valence-electron chi connectivity index (χ2n) is 6.70. The quantitative estimate of drug-likeness (QED) is 0.714. The lowest BCUT2D eigenvalue weighted by Gasteiger charge is -2.19. The maximum absolute atomic E-state index is 11.8. The molecular weight excluding hydrogens is 322 g/mol. The summed E-state index contributed by atoms with van der Waals surface area (Å²) >= 11 is 1.65. The highest BCUT2D eigenvalue weighted by molar-refractivity contribution is 7.11. The van der Waals surface area contributed by atoms with Gasteiger partial charge in [-0.1, -0.05) is 0 Å². The van der Waals surface area contributed by atoms with Crippen LogP contribution in [0.3, 0.4) is 0 Å². The van der Waals surface area contributed by atoms with Crippen molar-refractivity contribution in [2.24, 2.45) is 0 Å². The van der Waals surface area contributed by atoms with E-state index < -0.39 is 5.60 Å². The second kappa shape index (κ2) is 6.73. The summed E-state index contributed by atoms with van der Waals surface area (Å²) in [5.41, 5.74) is 1.68. The number of H-pyrrole nitrogens is 1. The molecule has 0 fully saturated rings. The molecule has 0 aliphatic rings. The van der Waals surface area contributed by atoms with Gasteiger partial charge in [0.05, 0.1) is 11.4 Å². The highest BCUT2D eigenvalue weighted by atomic mass is 32.1. The van der Waals surface area contributed by atoms with Crippen molar-refractivity contribution in [3.05, 3.63) is 46.2 Å². The minimum Gasteiger partial charge on any atom is -0.460 e. The molecule has 126 valence electrons. The number of ether oxygens (including phenoxy) is 1. The predicted octanol–water partition coefficient (Wildman–Crippen LogP) is 3.88. The first kappa shape index (κ1) is 16.6. The van der Waals surface area contributed by atoms with Crippen molar-refractivity contribution < 1.29 is 9.53 Å². The monoisotopic (exact) mass is 343 g/mol. The van der Waals surface area contributed by atoms with Gasteiger partial charge in [-0.25, -0.2) is 9.97 Å². The summed E-state index contributed by atoms with van der Waals surface area (Å²) in [6.07, 6.45) is 7.47. The number of hydrogen-bond donors (Lipinski definition) is 1. The Morgan fingerprint density at radius 2 is 2.17 bits per heavy atom. The first-order chi connectivity index (χ1) is 11.4. The predicted molar refractivity (Wildman–Crippen MR) is 95.2 cm³/mol. The van der Waals surface area contributed by atoms with Gasteiger partial charge in [0.1, 0.15) is 11.2 Å². The Hall–Kier alpha value is -2.21. The van der Waals surface area contributed by atoms with Crippen LogP contribution in [0.2, 0.25) is 0 Å². The van der Waals surface area contributed by atoms with Crippen LogP contribution in [0.1, 0.15) is 42.6 Å². The van der Waals surface area contributed by atoms with E-state index in [-0.39, 0.29) is 5.97 Å². The SMILES string of the molecule is CC(C)(C)OC(=O)CCc1ncc(Cc2c[nH]c3ncccc23)s1. The van der Waals surface area contributed by atoms with Crippen molar-refractivity contribution in [3.63, 3.8) is 0 Å². The summed E-state index contributed by atoms with van der Waals surface area (Å²) in [5, 5.41) is 2.11. The molecule has 0 unspecified atom stereocenters. The topological polar surface area (TPSA) is 67.9 Å². The van der Waals surface area contributed by atoms with Crippen LogP contribution >= 0.6 is 11.3 Å². The Morgan fingerprint density at radius 3 is 2.96 bits per heavy atom. The van der Waals surface area contributed by atoms with E-state index in [1.165, 1.54) is 10.4 Å². The van der Waals surface area contributed by atoms with E-state index in [4.69, 9.17) is 4.74 Å². The third-order valence-electron chi connectivity index (χ3n) is 3.47. The van der Waals surface area contributed by atoms with Crippen LogP contribution in [0, 0.1) is 0 Å². The third-order valence-corrected chi connectivity index (χ3v) is 4.52. The van der Waals surface area contributed by atoms with Crippen molar-refractivity contribution in [2.45, 2.75) is 45.6 Å². The number of nitrogens with one attached hydrogen (secondary N) is 1. The van der Waals surface area contributed by atoms with Gasteiger partial charge in [-0.05, 0) is 38.5 Å². The maximum Gasteiger partial charge on any atom is 0.306 e. The Bertz CT molecular complexity index is 845. The number of thiazole rings is 1. The van der Waals surface area contributed by atoms with Crippen LogP contribution in [-0.4, -0.2) is 26.5 Å². The van der Waals surface area contributed by atoms with Crippen molar-refractivity contribution in [1.29, 1.82) is 0 Å². The average molecular weight is 343 g/mol. The second-order valence-corrected chi connectivity index (χ2v) is 7.90. The average Bonchev–Trinajstić information content (AvgIpc) is 3.12. The number of aryl methyl sites for hydroxylation is 1. The number of carbonyl (C=O) groups is 1. The molecule has 3 aromatic heterocycles. The summed E-state index contributed by atoms with van der Waals surface area (Å²) in [6, 6.07) is 4.01. The number of nitrogens with zero attached hydrogens (tertiary/aromatic N) is 2. The zero-order valence-electron chi connectivity index (χ0n) is 14.1. The van der Waals surface area contributed by atoms with Crippen molar-refractivity contribution in [1.82, 2.24) is 15.0 Å². The van der Waals surface area contributed by atoms with Gasteiger partial charge in [-0.3, -0.25) is 4.79 Å². The minimum atomic E-state index is -0.436. The first-order valence-electron chi connectivity index (χ1n) is 7.97. The van der Waals surface area contributed by atoms with Gasteiger partial charge < -0.3 is 9.72 Å². The summed E-state index contributed by atoms with van der Waals surface area (Å²) in [4.78, 5) is 24.9.